The predicted octanol–water partition coefficient (Wildman–Crippen LogP) is 17.1. The van der Waals surface area contributed by atoms with E-state index in [1.54, 1.807) is 0 Å². The first-order valence-corrected chi connectivity index (χ1v) is 26.4. The smallest absolute Gasteiger partial charge is 0.306 e. The van der Waals surface area contributed by atoms with E-state index in [0.717, 1.165) is 70.1 Å². The summed E-state index contributed by atoms with van der Waals surface area (Å²) in [5, 5.41) is 0. The summed E-state index contributed by atoms with van der Waals surface area (Å²) in [5.41, 5.74) is 0. The molecule has 0 aromatic rings. The van der Waals surface area contributed by atoms with Gasteiger partial charge in [0.2, 0.25) is 0 Å². The van der Waals surface area contributed by atoms with Crippen molar-refractivity contribution in [3.8, 4) is 0 Å². The second-order valence-corrected chi connectivity index (χ2v) is 18.6. The molecule has 6 nitrogen and oxygen atoms in total. The molecule has 0 spiro atoms. The van der Waals surface area contributed by atoms with E-state index in [9.17, 15) is 14.4 Å². The number of carbonyl (C=O) groups excluding carboxylic acids is 3. The van der Waals surface area contributed by atoms with E-state index in [-0.39, 0.29) is 31.1 Å². The number of unbranched alkanes of at least 4 members (excludes halogenated alkanes) is 35. The average molecular weight is 835 g/mol. The Bertz CT molecular complexity index is 887. The van der Waals surface area contributed by atoms with Crippen LogP contribution in [0.3, 0.4) is 0 Å². The minimum Gasteiger partial charge on any atom is -0.462 e. The number of rotatable bonds is 48. The lowest BCUT2D eigenvalue weighted by atomic mass is 10.0. The van der Waals surface area contributed by atoms with Crippen LogP contribution in [-0.2, 0) is 28.6 Å². The molecule has 0 amide bonds. The maximum Gasteiger partial charge on any atom is 0.306 e. The Balaban J connectivity index is 4.05. The van der Waals surface area contributed by atoms with Gasteiger partial charge in [-0.05, 0) is 25.2 Å². The standard InChI is InChI=1S/C53H102O6/c1-5-7-9-11-12-13-14-15-20-25-28-31-34-38-42-46-53(56)59-50(47-57-51(54)44-40-35-10-8-6-2)48-58-52(55)45-41-37-33-30-27-24-22-19-17-16-18-21-23-26-29-32-36-39-43-49(3)4/h49-50H,5-48H2,1-4H3/t50-/m1/s1. The molecule has 0 aliphatic rings. The van der Waals surface area contributed by atoms with E-state index in [1.807, 2.05) is 0 Å². The van der Waals surface area contributed by atoms with Crippen LogP contribution in [0, 0.1) is 5.92 Å². The van der Waals surface area contributed by atoms with Gasteiger partial charge in [-0.3, -0.25) is 14.4 Å². The third-order valence-corrected chi connectivity index (χ3v) is 12.0. The lowest BCUT2D eigenvalue weighted by Crippen LogP contribution is -2.30. The number of carbonyl (C=O) groups is 3. The summed E-state index contributed by atoms with van der Waals surface area (Å²) in [6, 6.07) is 0. The molecule has 0 bridgehead atoms. The molecule has 6 heteroatoms. The van der Waals surface area contributed by atoms with Crippen LogP contribution in [0.25, 0.3) is 0 Å². The Kier molecular flexibility index (Phi) is 46.2. The van der Waals surface area contributed by atoms with Crippen LogP contribution in [-0.4, -0.2) is 37.2 Å². The summed E-state index contributed by atoms with van der Waals surface area (Å²) in [7, 11) is 0. The van der Waals surface area contributed by atoms with Gasteiger partial charge >= 0.3 is 17.9 Å². The van der Waals surface area contributed by atoms with Gasteiger partial charge < -0.3 is 14.2 Å². The first-order chi connectivity index (χ1) is 28.9. The Labute approximate surface area is 368 Å². The fraction of sp³-hybridized carbons (Fsp3) is 0.943. The molecule has 0 rings (SSSR count). The zero-order chi connectivity index (χ0) is 43.1. The summed E-state index contributed by atoms with van der Waals surface area (Å²) < 4.78 is 16.7. The minimum atomic E-state index is -0.758. The molecule has 0 fully saturated rings. The van der Waals surface area contributed by atoms with E-state index in [2.05, 4.69) is 27.7 Å². The van der Waals surface area contributed by atoms with Crippen molar-refractivity contribution in [2.75, 3.05) is 13.2 Å². The molecule has 350 valence electrons. The summed E-state index contributed by atoms with van der Waals surface area (Å²) in [6.07, 6.45) is 49.9. The fourth-order valence-electron chi connectivity index (χ4n) is 8.04. The molecule has 0 radical (unpaired) electrons. The molecular weight excluding hydrogens is 733 g/mol. The normalized spacial score (nSPS) is 11.9. The van der Waals surface area contributed by atoms with Gasteiger partial charge in [-0.25, -0.2) is 0 Å². The summed E-state index contributed by atoms with van der Waals surface area (Å²) in [5.74, 6) is 0.00117. The molecule has 0 unspecified atom stereocenters. The highest BCUT2D eigenvalue weighted by Crippen LogP contribution is 2.17. The van der Waals surface area contributed by atoms with Crippen molar-refractivity contribution in [2.45, 2.75) is 303 Å². The Morgan fingerprint density at radius 2 is 0.559 bits per heavy atom. The van der Waals surface area contributed by atoms with Crippen molar-refractivity contribution in [3.05, 3.63) is 0 Å². The third kappa shape index (κ3) is 47.3. The number of hydrogen-bond acceptors (Lipinski definition) is 6. The number of esters is 3. The highest BCUT2D eigenvalue weighted by molar-refractivity contribution is 5.71. The fourth-order valence-corrected chi connectivity index (χ4v) is 8.04. The molecular formula is C53H102O6. The Hall–Kier alpha value is -1.59. The molecule has 0 saturated heterocycles. The van der Waals surface area contributed by atoms with Gasteiger partial charge in [0.1, 0.15) is 13.2 Å². The van der Waals surface area contributed by atoms with Crippen LogP contribution in [0.2, 0.25) is 0 Å². The van der Waals surface area contributed by atoms with Crippen molar-refractivity contribution in [1.29, 1.82) is 0 Å². The van der Waals surface area contributed by atoms with Crippen LogP contribution < -0.4 is 0 Å². The van der Waals surface area contributed by atoms with Crippen molar-refractivity contribution >= 4 is 17.9 Å². The number of hydrogen-bond donors (Lipinski definition) is 0. The largest absolute Gasteiger partial charge is 0.462 e. The lowest BCUT2D eigenvalue weighted by Gasteiger charge is -2.18. The molecule has 0 saturated carbocycles. The average Bonchev–Trinajstić information content (AvgIpc) is 3.22. The highest BCUT2D eigenvalue weighted by Gasteiger charge is 2.19. The first-order valence-electron chi connectivity index (χ1n) is 26.4. The van der Waals surface area contributed by atoms with Gasteiger partial charge in [0.15, 0.2) is 6.10 Å². The van der Waals surface area contributed by atoms with E-state index in [0.29, 0.717) is 19.3 Å². The second-order valence-electron chi connectivity index (χ2n) is 18.6. The Morgan fingerprint density at radius 3 is 0.831 bits per heavy atom. The van der Waals surface area contributed by atoms with Gasteiger partial charge in [-0.15, -0.1) is 0 Å². The monoisotopic (exact) mass is 835 g/mol. The topological polar surface area (TPSA) is 78.9 Å². The van der Waals surface area contributed by atoms with Crippen molar-refractivity contribution < 1.29 is 28.6 Å². The predicted molar refractivity (Wildman–Crippen MR) is 252 cm³/mol. The molecule has 0 aromatic carbocycles. The van der Waals surface area contributed by atoms with Crippen molar-refractivity contribution in [2.24, 2.45) is 5.92 Å². The summed E-state index contributed by atoms with van der Waals surface area (Å²) in [4.78, 5) is 37.6. The first kappa shape index (κ1) is 57.4. The molecule has 1 atom stereocenters. The maximum absolute atomic E-state index is 12.7. The molecule has 0 N–H and O–H groups in total. The SMILES string of the molecule is CCCCCCCCCCCCCCCCCC(=O)O[C@H](COC(=O)CCCCCCC)COC(=O)CCCCCCCCCCCCCCCCCCCCC(C)C. The summed E-state index contributed by atoms with van der Waals surface area (Å²) in [6.45, 7) is 8.97. The Morgan fingerprint density at radius 1 is 0.322 bits per heavy atom. The molecule has 59 heavy (non-hydrogen) atoms. The van der Waals surface area contributed by atoms with Crippen LogP contribution in [0.15, 0.2) is 0 Å². The maximum atomic E-state index is 12.7. The summed E-state index contributed by atoms with van der Waals surface area (Å²) >= 11 is 0. The van der Waals surface area contributed by atoms with Gasteiger partial charge in [-0.2, -0.15) is 0 Å². The van der Waals surface area contributed by atoms with Gasteiger partial charge in [0, 0.05) is 19.3 Å². The number of ether oxygens (including phenoxy) is 3. The van der Waals surface area contributed by atoms with E-state index in [4.69, 9.17) is 14.2 Å². The van der Waals surface area contributed by atoms with Crippen LogP contribution in [0.4, 0.5) is 0 Å². The van der Waals surface area contributed by atoms with Gasteiger partial charge in [-0.1, -0.05) is 259 Å². The second kappa shape index (κ2) is 47.5. The van der Waals surface area contributed by atoms with Crippen molar-refractivity contribution in [1.82, 2.24) is 0 Å². The van der Waals surface area contributed by atoms with E-state index in [1.165, 1.54) is 186 Å². The minimum absolute atomic E-state index is 0.0636. The van der Waals surface area contributed by atoms with E-state index < -0.39 is 6.10 Å². The molecule has 0 aliphatic carbocycles. The van der Waals surface area contributed by atoms with E-state index >= 15 is 0 Å². The lowest BCUT2D eigenvalue weighted by molar-refractivity contribution is -0.167. The van der Waals surface area contributed by atoms with Crippen LogP contribution in [0.5, 0.6) is 0 Å². The van der Waals surface area contributed by atoms with Gasteiger partial charge in [0.05, 0.1) is 0 Å². The molecule has 0 heterocycles. The zero-order valence-corrected chi connectivity index (χ0v) is 40.2. The molecule has 0 aromatic heterocycles. The zero-order valence-electron chi connectivity index (χ0n) is 40.2. The third-order valence-electron chi connectivity index (χ3n) is 12.0. The quantitative estimate of drug-likeness (QED) is 0.0345. The van der Waals surface area contributed by atoms with Crippen molar-refractivity contribution in [3.63, 3.8) is 0 Å². The van der Waals surface area contributed by atoms with Crippen LogP contribution >= 0.6 is 0 Å². The van der Waals surface area contributed by atoms with Gasteiger partial charge in [0.25, 0.3) is 0 Å². The molecule has 0 aliphatic heterocycles. The highest BCUT2D eigenvalue weighted by atomic mass is 16.6. The van der Waals surface area contributed by atoms with Crippen LogP contribution in [0.1, 0.15) is 297 Å².